The molecule has 0 aliphatic carbocycles. The SMILES string of the molecule is CC(C)Oc1ccc(C(=O)N2CCN(c3nccn3-c3cccc(Cl)c3)CC2)cc1. The number of aromatic nitrogens is 2. The van der Waals surface area contributed by atoms with Crippen molar-refractivity contribution in [1.29, 1.82) is 0 Å². The number of benzene rings is 2. The summed E-state index contributed by atoms with van der Waals surface area (Å²) in [5.41, 5.74) is 1.65. The van der Waals surface area contributed by atoms with E-state index in [0.29, 0.717) is 23.7 Å². The Morgan fingerprint density at radius 3 is 2.47 bits per heavy atom. The lowest BCUT2D eigenvalue weighted by molar-refractivity contribution is 0.0746. The van der Waals surface area contributed by atoms with Crippen molar-refractivity contribution < 1.29 is 9.53 Å². The number of imidazole rings is 1. The van der Waals surface area contributed by atoms with Gasteiger partial charge in [0, 0.05) is 54.8 Å². The zero-order chi connectivity index (χ0) is 21.1. The van der Waals surface area contributed by atoms with Gasteiger partial charge >= 0.3 is 0 Å². The van der Waals surface area contributed by atoms with Gasteiger partial charge in [-0.3, -0.25) is 9.36 Å². The summed E-state index contributed by atoms with van der Waals surface area (Å²) in [5.74, 6) is 1.68. The third-order valence-electron chi connectivity index (χ3n) is 5.03. The van der Waals surface area contributed by atoms with Crippen molar-refractivity contribution in [3.63, 3.8) is 0 Å². The van der Waals surface area contributed by atoms with E-state index in [1.807, 2.05) is 78.0 Å². The molecule has 1 aliphatic rings. The van der Waals surface area contributed by atoms with Crippen LogP contribution in [0.4, 0.5) is 5.95 Å². The summed E-state index contributed by atoms with van der Waals surface area (Å²) in [6.07, 6.45) is 3.83. The second-order valence-corrected chi connectivity index (χ2v) is 7.98. The van der Waals surface area contributed by atoms with Crippen LogP contribution in [0.25, 0.3) is 5.69 Å². The highest BCUT2D eigenvalue weighted by Crippen LogP contribution is 2.23. The maximum absolute atomic E-state index is 12.9. The maximum atomic E-state index is 12.9. The Hall–Kier alpha value is -2.99. The summed E-state index contributed by atoms with van der Waals surface area (Å²) >= 11 is 6.15. The van der Waals surface area contributed by atoms with E-state index in [-0.39, 0.29) is 12.0 Å². The Kier molecular flexibility index (Phi) is 5.95. The van der Waals surface area contributed by atoms with Crippen LogP contribution in [0.5, 0.6) is 5.75 Å². The Morgan fingerprint density at radius 1 is 1.07 bits per heavy atom. The molecule has 6 nitrogen and oxygen atoms in total. The molecular weight excluding hydrogens is 400 g/mol. The topological polar surface area (TPSA) is 50.6 Å². The first-order chi connectivity index (χ1) is 14.5. The Balaban J connectivity index is 1.41. The van der Waals surface area contributed by atoms with E-state index >= 15 is 0 Å². The molecule has 0 unspecified atom stereocenters. The Labute approximate surface area is 181 Å². The average molecular weight is 425 g/mol. The molecule has 0 saturated carbocycles. The van der Waals surface area contributed by atoms with Gasteiger partial charge in [0.2, 0.25) is 5.95 Å². The first-order valence-corrected chi connectivity index (χ1v) is 10.5. The van der Waals surface area contributed by atoms with E-state index in [2.05, 4.69) is 9.88 Å². The van der Waals surface area contributed by atoms with Crippen LogP contribution in [0.1, 0.15) is 24.2 Å². The maximum Gasteiger partial charge on any atom is 0.253 e. The Bertz CT molecular complexity index is 1010. The van der Waals surface area contributed by atoms with Gasteiger partial charge in [-0.1, -0.05) is 17.7 Å². The predicted octanol–water partition coefficient (Wildman–Crippen LogP) is 4.28. The summed E-state index contributed by atoms with van der Waals surface area (Å²) < 4.78 is 7.68. The number of carbonyl (C=O) groups is 1. The lowest BCUT2D eigenvalue weighted by atomic mass is 10.1. The number of hydrogen-bond donors (Lipinski definition) is 0. The van der Waals surface area contributed by atoms with Crippen molar-refractivity contribution in [3.8, 4) is 11.4 Å². The van der Waals surface area contributed by atoms with E-state index in [4.69, 9.17) is 16.3 Å². The van der Waals surface area contributed by atoms with Gasteiger partial charge in [0.25, 0.3) is 5.91 Å². The minimum atomic E-state index is 0.0453. The molecule has 2 heterocycles. The van der Waals surface area contributed by atoms with Crippen LogP contribution in [-0.4, -0.2) is 52.6 Å². The van der Waals surface area contributed by atoms with Crippen molar-refractivity contribution in [3.05, 3.63) is 71.5 Å². The molecule has 7 heteroatoms. The van der Waals surface area contributed by atoms with Crippen molar-refractivity contribution in [2.24, 2.45) is 0 Å². The van der Waals surface area contributed by atoms with Crippen molar-refractivity contribution in [2.75, 3.05) is 31.1 Å². The molecule has 4 rings (SSSR count). The summed E-state index contributed by atoms with van der Waals surface area (Å²) in [6, 6.07) is 15.1. The van der Waals surface area contributed by atoms with Gasteiger partial charge in [-0.15, -0.1) is 0 Å². The molecule has 1 fully saturated rings. The normalized spacial score (nSPS) is 14.3. The van der Waals surface area contributed by atoms with Crippen LogP contribution in [-0.2, 0) is 0 Å². The third kappa shape index (κ3) is 4.44. The number of ether oxygens (including phenoxy) is 1. The highest BCUT2D eigenvalue weighted by Gasteiger charge is 2.24. The highest BCUT2D eigenvalue weighted by molar-refractivity contribution is 6.30. The fraction of sp³-hybridized carbons (Fsp3) is 0.304. The Morgan fingerprint density at radius 2 is 1.80 bits per heavy atom. The molecule has 0 N–H and O–H groups in total. The molecular formula is C23H25ClN4O2. The molecule has 30 heavy (non-hydrogen) atoms. The molecule has 2 aromatic carbocycles. The van der Waals surface area contributed by atoms with Crippen molar-refractivity contribution >= 4 is 23.5 Å². The van der Waals surface area contributed by atoms with E-state index in [1.165, 1.54) is 0 Å². The highest BCUT2D eigenvalue weighted by atomic mass is 35.5. The first kappa shape index (κ1) is 20.3. The van der Waals surface area contributed by atoms with E-state index in [1.54, 1.807) is 6.20 Å². The minimum Gasteiger partial charge on any atom is -0.491 e. The van der Waals surface area contributed by atoms with Gasteiger partial charge in [-0.25, -0.2) is 4.98 Å². The van der Waals surface area contributed by atoms with Crippen LogP contribution in [0.2, 0.25) is 5.02 Å². The fourth-order valence-electron chi connectivity index (χ4n) is 3.60. The monoisotopic (exact) mass is 424 g/mol. The largest absolute Gasteiger partial charge is 0.491 e. The third-order valence-corrected chi connectivity index (χ3v) is 5.27. The molecule has 0 radical (unpaired) electrons. The van der Waals surface area contributed by atoms with Gasteiger partial charge in [0.1, 0.15) is 5.75 Å². The molecule has 0 atom stereocenters. The zero-order valence-electron chi connectivity index (χ0n) is 17.2. The molecule has 3 aromatic rings. The molecule has 0 bridgehead atoms. The number of nitrogens with zero attached hydrogens (tertiary/aromatic N) is 4. The minimum absolute atomic E-state index is 0.0453. The van der Waals surface area contributed by atoms with Crippen LogP contribution in [0, 0.1) is 0 Å². The second-order valence-electron chi connectivity index (χ2n) is 7.55. The lowest BCUT2D eigenvalue weighted by Crippen LogP contribution is -2.49. The molecule has 1 aliphatic heterocycles. The van der Waals surface area contributed by atoms with Gasteiger partial charge in [-0.05, 0) is 56.3 Å². The van der Waals surface area contributed by atoms with Crippen molar-refractivity contribution in [2.45, 2.75) is 20.0 Å². The zero-order valence-corrected chi connectivity index (χ0v) is 17.9. The fourth-order valence-corrected chi connectivity index (χ4v) is 3.78. The lowest BCUT2D eigenvalue weighted by Gasteiger charge is -2.35. The van der Waals surface area contributed by atoms with Crippen molar-refractivity contribution in [1.82, 2.24) is 14.5 Å². The van der Waals surface area contributed by atoms with Crippen LogP contribution in [0.15, 0.2) is 60.9 Å². The standard InChI is InChI=1S/C23H25ClN4O2/c1-17(2)30-21-8-6-18(7-9-21)22(29)26-12-14-27(15-13-26)23-25-10-11-28(23)20-5-3-4-19(24)16-20/h3-11,16-17H,12-15H2,1-2H3. The summed E-state index contributed by atoms with van der Waals surface area (Å²) in [4.78, 5) is 21.5. The first-order valence-electron chi connectivity index (χ1n) is 10.1. The van der Waals surface area contributed by atoms with Gasteiger partial charge in [-0.2, -0.15) is 0 Å². The quantitative estimate of drug-likeness (QED) is 0.613. The second kappa shape index (κ2) is 8.79. The molecule has 1 amide bonds. The van der Waals surface area contributed by atoms with Crippen LogP contribution >= 0.6 is 11.6 Å². The average Bonchev–Trinajstić information content (AvgIpc) is 3.23. The molecule has 156 valence electrons. The number of anilines is 1. The van der Waals surface area contributed by atoms with Gasteiger partial charge in [0.15, 0.2) is 0 Å². The predicted molar refractivity (Wildman–Crippen MR) is 119 cm³/mol. The number of carbonyl (C=O) groups excluding carboxylic acids is 1. The number of hydrogen-bond acceptors (Lipinski definition) is 4. The van der Waals surface area contributed by atoms with Gasteiger partial charge in [0.05, 0.1) is 6.10 Å². The summed E-state index contributed by atoms with van der Waals surface area (Å²) in [6.45, 7) is 6.69. The number of piperazine rings is 1. The molecule has 0 spiro atoms. The summed E-state index contributed by atoms with van der Waals surface area (Å²) in [5, 5.41) is 0.687. The van der Waals surface area contributed by atoms with Gasteiger partial charge < -0.3 is 14.5 Å². The molecule has 1 aromatic heterocycles. The van der Waals surface area contributed by atoms with E-state index < -0.39 is 0 Å². The number of rotatable bonds is 5. The van der Waals surface area contributed by atoms with Crippen LogP contribution in [0.3, 0.4) is 0 Å². The summed E-state index contributed by atoms with van der Waals surface area (Å²) in [7, 11) is 0. The number of amides is 1. The van der Waals surface area contributed by atoms with E-state index in [9.17, 15) is 4.79 Å². The molecule has 1 saturated heterocycles. The smallest absolute Gasteiger partial charge is 0.253 e. The van der Waals surface area contributed by atoms with Crippen LogP contribution < -0.4 is 9.64 Å². The van der Waals surface area contributed by atoms with E-state index in [0.717, 1.165) is 30.5 Å². The number of halogens is 1.